The molecule has 132 valence electrons. The smallest absolute Gasteiger partial charge is 0.305 e. The third-order valence-electron chi connectivity index (χ3n) is 6.08. The molecule has 0 radical (unpaired) electrons. The number of pyridine rings is 1. The van der Waals surface area contributed by atoms with Crippen molar-refractivity contribution in [2.45, 2.75) is 30.7 Å². The highest BCUT2D eigenvalue weighted by Gasteiger charge is 2.88. The number of fused-ring (bicyclic) bond motifs is 1. The maximum atomic E-state index is 15.0. The van der Waals surface area contributed by atoms with Crippen molar-refractivity contribution >= 4 is 11.0 Å². The van der Waals surface area contributed by atoms with Gasteiger partial charge in [-0.25, -0.2) is 18.6 Å². The number of nitrogens with one attached hydrogen (secondary N) is 1. The second-order valence-corrected chi connectivity index (χ2v) is 7.38. The molecule has 0 unspecified atom stereocenters. The van der Waals surface area contributed by atoms with Crippen LogP contribution in [0.3, 0.4) is 0 Å². The molecule has 3 aliphatic carbocycles. The molecule has 0 saturated heterocycles. The molecule has 2 heterocycles. The van der Waals surface area contributed by atoms with E-state index in [9.17, 15) is 18.4 Å². The summed E-state index contributed by atoms with van der Waals surface area (Å²) >= 11 is 0. The summed E-state index contributed by atoms with van der Waals surface area (Å²) in [4.78, 5) is 31.4. The van der Waals surface area contributed by atoms with E-state index in [1.165, 1.54) is 6.20 Å². The van der Waals surface area contributed by atoms with E-state index in [2.05, 4.69) is 9.97 Å². The second-order valence-electron chi connectivity index (χ2n) is 7.38. The number of aromatic amines is 1. The molecule has 6 rings (SSSR count). The third kappa shape index (κ3) is 1.61. The van der Waals surface area contributed by atoms with Crippen LogP contribution in [-0.4, -0.2) is 20.5 Å². The van der Waals surface area contributed by atoms with Gasteiger partial charge in [0.15, 0.2) is 5.52 Å². The minimum absolute atomic E-state index is 0.0831. The number of nitrogens with zero attached hydrogens (tertiary/aromatic N) is 2. The number of alkyl halides is 2. The third-order valence-corrected chi connectivity index (χ3v) is 6.08. The van der Waals surface area contributed by atoms with Gasteiger partial charge in [-0.2, -0.15) is 0 Å². The fraction of sp³-hybridized carbons (Fsp3) is 0.316. The van der Waals surface area contributed by atoms with E-state index < -0.39 is 28.0 Å². The summed E-state index contributed by atoms with van der Waals surface area (Å²) in [6, 6.07) is 11.9. The van der Waals surface area contributed by atoms with Crippen molar-refractivity contribution in [1.82, 2.24) is 14.5 Å². The number of hydrogen-bond donors (Lipinski definition) is 1. The van der Waals surface area contributed by atoms with Crippen molar-refractivity contribution in [1.29, 1.82) is 0 Å². The van der Waals surface area contributed by atoms with Crippen LogP contribution in [0.1, 0.15) is 18.4 Å². The van der Waals surface area contributed by atoms with E-state index in [1.807, 2.05) is 0 Å². The molecule has 1 aromatic carbocycles. The van der Waals surface area contributed by atoms with Gasteiger partial charge in [0.25, 0.3) is 11.5 Å². The Morgan fingerprint density at radius 1 is 1.08 bits per heavy atom. The molecular weight excluding hydrogens is 340 g/mol. The van der Waals surface area contributed by atoms with Gasteiger partial charge < -0.3 is 4.98 Å². The normalized spacial score (nSPS) is 28.4. The van der Waals surface area contributed by atoms with Crippen LogP contribution in [0, 0.1) is 5.41 Å². The minimum atomic E-state index is -2.95. The summed E-state index contributed by atoms with van der Waals surface area (Å²) in [5.74, 6) is -2.95. The number of benzene rings is 1. The van der Waals surface area contributed by atoms with Crippen LogP contribution >= 0.6 is 0 Å². The Balaban J connectivity index is 1.54. The van der Waals surface area contributed by atoms with Crippen molar-refractivity contribution in [2.75, 3.05) is 0 Å². The van der Waals surface area contributed by atoms with Crippen molar-refractivity contribution in [3.8, 4) is 0 Å². The fourth-order valence-corrected chi connectivity index (χ4v) is 4.72. The summed E-state index contributed by atoms with van der Waals surface area (Å²) in [7, 11) is 0. The summed E-state index contributed by atoms with van der Waals surface area (Å²) < 4.78 is 30.9. The van der Waals surface area contributed by atoms with Crippen molar-refractivity contribution in [2.24, 2.45) is 5.41 Å². The molecule has 1 N–H and O–H groups in total. The topological polar surface area (TPSA) is 67.8 Å². The Morgan fingerprint density at radius 3 is 2.50 bits per heavy atom. The Bertz CT molecular complexity index is 1140. The standard InChI is InChI=1S/C19H15F2N3O2/c20-19(21)17(9-18(19,10-17)12-5-2-1-3-6-12)11-24-15(25)14-13(23-16(24)26)7-4-8-22-14/h1-8H,9-11H2,(H,23,26). The lowest BCUT2D eigenvalue weighted by molar-refractivity contribution is -0.376. The van der Waals surface area contributed by atoms with Gasteiger partial charge in [0, 0.05) is 12.7 Å². The predicted molar refractivity (Wildman–Crippen MR) is 91.4 cm³/mol. The van der Waals surface area contributed by atoms with Gasteiger partial charge in [0.2, 0.25) is 0 Å². The molecule has 0 amide bonds. The molecular formula is C19H15F2N3O2. The SMILES string of the molecule is O=c1[nH]c2cccnc2c(=O)n1CC12CC(c3ccccc3)(C1)C2(F)F. The van der Waals surface area contributed by atoms with Crippen molar-refractivity contribution in [3.63, 3.8) is 0 Å². The molecule has 7 heteroatoms. The van der Waals surface area contributed by atoms with Crippen molar-refractivity contribution < 1.29 is 8.78 Å². The number of H-pyrrole nitrogens is 1. The van der Waals surface area contributed by atoms with E-state index in [-0.39, 0.29) is 24.9 Å². The van der Waals surface area contributed by atoms with Gasteiger partial charge in [-0.05, 0) is 30.5 Å². The lowest BCUT2D eigenvalue weighted by Gasteiger charge is -2.75. The molecule has 0 atom stereocenters. The van der Waals surface area contributed by atoms with Gasteiger partial charge in [-0.3, -0.25) is 9.36 Å². The molecule has 0 spiro atoms. The number of rotatable bonds is 3. The Labute approximate surface area is 146 Å². The average Bonchev–Trinajstić information content (AvgIpc) is 2.61. The number of halogens is 2. The lowest BCUT2D eigenvalue weighted by atomic mass is 9.30. The van der Waals surface area contributed by atoms with E-state index in [0.29, 0.717) is 11.1 Å². The fourth-order valence-electron chi connectivity index (χ4n) is 4.72. The minimum Gasteiger partial charge on any atom is -0.305 e. The van der Waals surface area contributed by atoms with Crippen LogP contribution in [0.4, 0.5) is 8.78 Å². The molecule has 3 fully saturated rings. The molecule has 3 aliphatic rings. The van der Waals surface area contributed by atoms with Gasteiger partial charge in [0.05, 0.1) is 16.3 Å². The molecule has 2 bridgehead atoms. The van der Waals surface area contributed by atoms with E-state index in [0.717, 1.165) is 4.57 Å². The zero-order valence-corrected chi connectivity index (χ0v) is 13.7. The van der Waals surface area contributed by atoms with Crippen LogP contribution in [0.2, 0.25) is 0 Å². The summed E-state index contributed by atoms with van der Waals surface area (Å²) in [5, 5.41) is 0. The van der Waals surface area contributed by atoms with Crippen LogP contribution < -0.4 is 11.2 Å². The monoisotopic (exact) mass is 355 g/mol. The first-order chi connectivity index (χ1) is 12.4. The Morgan fingerprint density at radius 2 is 1.81 bits per heavy atom. The molecule has 2 aromatic heterocycles. The highest BCUT2D eigenvalue weighted by molar-refractivity contribution is 5.71. The molecule has 26 heavy (non-hydrogen) atoms. The Hall–Kier alpha value is -2.83. The van der Waals surface area contributed by atoms with Crippen LogP contribution in [0.5, 0.6) is 0 Å². The second kappa shape index (κ2) is 4.66. The van der Waals surface area contributed by atoms with E-state index in [1.54, 1.807) is 42.5 Å². The first-order valence-corrected chi connectivity index (χ1v) is 8.42. The maximum Gasteiger partial charge on any atom is 0.328 e. The number of aromatic nitrogens is 3. The van der Waals surface area contributed by atoms with Crippen molar-refractivity contribution in [3.05, 3.63) is 75.1 Å². The largest absolute Gasteiger partial charge is 0.328 e. The van der Waals surface area contributed by atoms with Gasteiger partial charge in [0.1, 0.15) is 0 Å². The first-order valence-electron chi connectivity index (χ1n) is 8.42. The molecule has 3 saturated carbocycles. The molecule has 0 aliphatic heterocycles. The zero-order valence-electron chi connectivity index (χ0n) is 13.7. The van der Waals surface area contributed by atoms with Crippen LogP contribution in [0.25, 0.3) is 11.0 Å². The predicted octanol–water partition coefficient (Wildman–Crippen LogP) is 2.45. The highest BCUT2D eigenvalue weighted by atomic mass is 19.3. The quantitative estimate of drug-likeness (QED) is 0.785. The van der Waals surface area contributed by atoms with Crippen LogP contribution in [-0.2, 0) is 12.0 Å². The van der Waals surface area contributed by atoms with Gasteiger partial charge in [-0.1, -0.05) is 30.3 Å². The summed E-state index contributed by atoms with van der Waals surface area (Å²) in [5.41, 5.74) is -2.80. The summed E-state index contributed by atoms with van der Waals surface area (Å²) in [6.45, 7) is -0.296. The first kappa shape index (κ1) is 15.4. The van der Waals surface area contributed by atoms with E-state index >= 15 is 0 Å². The van der Waals surface area contributed by atoms with E-state index in [4.69, 9.17) is 0 Å². The summed E-state index contributed by atoms with van der Waals surface area (Å²) in [6.07, 6.45) is 1.97. The highest BCUT2D eigenvalue weighted by Crippen LogP contribution is 2.82. The Kier molecular flexibility index (Phi) is 2.77. The average molecular weight is 355 g/mol. The molecule has 3 aromatic rings. The maximum absolute atomic E-state index is 15.0. The number of hydrogen-bond acceptors (Lipinski definition) is 3. The van der Waals surface area contributed by atoms with Gasteiger partial charge in [-0.15, -0.1) is 0 Å². The van der Waals surface area contributed by atoms with Crippen LogP contribution in [0.15, 0.2) is 58.3 Å². The van der Waals surface area contributed by atoms with Gasteiger partial charge >= 0.3 is 5.69 Å². The lowest BCUT2D eigenvalue weighted by Crippen LogP contribution is -2.82. The zero-order chi connectivity index (χ0) is 18.2. The molecule has 5 nitrogen and oxygen atoms in total.